The molecule has 1 aromatic carbocycles. The molecule has 0 radical (unpaired) electrons. The Kier molecular flexibility index (Phi) is 3.17. The smallest absolute Gasteiger partial charge is 0.157 e. The predicted octanol–water partition coefficient (Wildman–Crippen LogP) is 2.84. The number of nitrogens with two attached hydrogens (primary N) is 1. The van der Waals surface area contributed by atoms with Gasteiger partial charge in [0.25, 0.3) is 0 Å². The third-order valence-electron chi connectivity index (χ3n) is 3.46. The summed E-state index contributed by atoms with van der Waals surface area (Å²) in [6, 6.07) is 9.87. The van der Waals surface area contributed by atoms with E-state index in [-0.39, 0.29) is 0 Å². The molecule has 0 fully saturated rings. The van der Waals surface area contributed by atoms with Crippen LogP contribution in [0.3, 0.4) is 0 Å². The lowest BCUT2D eigenvalue weighted by molar-refractivity contribution is 0.800. The summed E-state index contributed by atoms with van der Waals surface area (Å²) in [5, 5.41) is 8.41. The maximum Gasteiger partial charge on any atom is 0.157 e. The minimum Gasteiger partial charge on any atom is -0.382 e. The number of aromatic nitrogens is 4. The van der Waals surface area contributed by atoms with Crippen molar-refractivity contribution in [2.24, 2.45) is 0 Å². The molecule has 0 atom stereocenters. The van der Waals surface area contributed by atoms with Gasteiger partial charge >= 0.3 is 0 Å². The van der Waals surface area contributed by atoms with Gasteiger partial charge in [-0.3, -0.25) is 4.98 Å². The van der Waals surface area contributed by atoms with Crippen LogP contribution < -0.4 is 5.73 Å². The molecule has 3 rings (SSSR count). The van der Waals surface area contributed by atoms with Gasteiger partial charge in [-0.1, -0.05) is 29.0 Å². The molecule has 0 spiro atoms. The van der Waals surface area contributed by atoms with Gasteiger partial charge in [0.05, 0.1) is 11.4 Å². The van der Waals surface area contributed by atoms with Crippen molar-refractivity contribution >= 4 is 5.82 Å². The fourth-order valence-electron chi connectivity index (χ4n) is 2.65. The topological polar surface area (TPSA) is 69.6 Å². The SMILES string of the molecule is Cc1cc(C)c(-n2nnc(-c3ccccn3)c2N)c(C)c1. The Morgan fingerprint density at radius 3 is 2.38 bits per heavy atom. The Labute approximate surface area is 123 Å². The van der Waals surface area contributed by atoms with Crippen LogP contribution in [-0.4, -0.2) is 20.0 Å². The third-order valence-corrected chi connectivity index (χ3v) is 3.46. The first-order chi connectivity index (χ1) is 10.1. The van der Waals surface area contributed by atoms with Crippen molar-refractivity contribution in [2.75, 3.05) is 5.73 Å². The molecule has 2 heterocycles. The predicted molar refractivity (Wildman–Crippen MR) is 83.2 cm³/mol. The molecule has 0 unspecified atom stereocenters. The van der Waals surface area contributed by atoms with Gasteiger partial charge in [0.2, 0.25) is 0 Å². The summed E-state index contributed by atoms with van der Waals surface area (Å²) in [6.45, 7) is 6.18. The van der Waals surface area contributed by atoms with E-state index in [1.807, 2.05) is 18.2 Å². The quantitative estimate of drug-likeness (QED) is 0.783. The van der Waals surface area contributed by atoms with E-state index in [1.165, 1.54) is 5.56 Å². The Morgan fingerprint density at radius 2 is 1.76 bits per heavy atom. The summed E-state index contributed by atoms with van der Waals surface area (Å²) in [7, 11) is 0. The number of nitrogens with zero attached hydrogens (tertiary/aromatic N) is 4. The Bertz CT molecular complexity index is 767. The van der Waals surface area contributed by atoms with Gasteiger partial charge in [-0.25, -0.2) is 0 Å². The lowest BCUT2D eigenvalue weighted by Gasteiger charge is -2.12. The standard InChI is InChI=1S/C16H17N5/c1-10-8-11(2)15(12(3)9-10)21-16(17)14(19-20-21)13-6-4-5-7-18-13/h4-9H,17H2,1-3H3. The Morgan fingerprint density at radius 1 is 1.05 bits per heavy atom. The zero-order chi connectivity index (χ0) is 15.0. The Hall–Kier alpha value is -2.69. The fraction of sp³-hybridized carbons (Fsp3) is 0.188. The molecule has 5 heteroatoms. The van der Waals surface area contributed by atoms with Crippen molar-refractivity contribution in [3.8, 4) is 17.1 Å². The zero-order valence-electron chi connectivity index (χ0n) is 12.3. The minimum atomic E-state index is 0.503. The number of rotatable bonds is 2. The summed E-state index contributed by atoms with van der Waals surface area (Å²) in [6.07, 6.45) is 1.72. The first kappa shape index (κ1) is 13.3. The lowest BCUT2D eigenvalue weighted by Crippen LogP contribution is -2.06. The van der Waals surface area contributed by atoms with Crippen LogP contribution >= 0.6 is 0 Å². The van der Waals surface area contributed by atoms with Crippen LogP contribution in [0.15, 0.2) is 36.5 Å². The second-order valence-electron chi connectivity index (χ2n) is 5.20. The number of hydrogen-bond donors (Lipinski definition) is 1. The molecular weight excluding hydrogens is 262 g/mol. The molecule has 0 saturated carbocycles. The van der Waals surface area contributed by atoms with Crippen molar-refractivity contribution in [1.29, 1.82) is 0 Å². The van der Waals surface area contributed by atoms with Crippen LogP contribution in [0, 0.1) is 20.8 Å². The highest BCUT2D eigenvalue weighted by Crippen LogP contribution is 2.27. The van der Waals surface area contributed by atoms with E-state index >= 15 is 0 Å². The molecule has 2 N–H and O–H groups in total. The number of benzene rings is 1. The van der Waals surface area contributed by atoms with Crippen LogP contribution in [-0.2, 0) is 0 Å². The van der Waals surface area contributed by atoms with Crippen molar-refractivity contribution in [3.63, 3.8) is 0 Å². The molecule has 106 valence electrons. The van der Waals surface area contributed by atoms with Crippen LogP contribution in [0.4, 0.5) is 5.82 Å². The van der Waals surface area contributed by atoms with Crippen LogP contribution in [0.25, 0.3) is 17.1 Å². The van der Waals surface area contributed by atoms with E-state index in [0.717, 1.165) is 22.5 Å². The number of hydrogen-bond acceptors (Lipinski definition) is 4. The third kappa shape index (κ3) is 2.27. The van der Waals surface area contributed by atoms with E-state index in [9.17, 15) is 0 Å². The van der Waals surface area contributed by atoms with Crippen LogP contribution in [0.1, 0.15) is 16.7 Å². The summed E-state index contributed by atoms with van der Waals surface area (Å²) in [4.78, 5) is 4.28. The molecule has 0 amide bonds. The zero-order valence-corrected chi connectivity index (χ0v) is 12.3. The molecule has 0 bridgehead atoms. The first-order valence-corrected chi connectivity index (χ1v) is 6.78. The lowest BCUT2D eigenvalue weighted by atomic mass is 10.1. The van der Waals surface area contributed by atoms with E-state index in [0.29, 0.717) is 11.5 Å². The van der Waals surface area contributed by atoms with Crippen molar-refractivity contribution in [3.05, 3.63) is 53.2 Å². The second-order valence-corrected chi connectivity index (χ2v) is 5.20. The van der Waals surface area contributed by atoms with Crippen LogP contribution in [0.5, 0.6) is 0 Å². The summed E-state index contributed by atoms with van der Waals surface area (Å²) in [5.41, 5.74) is 12.0. The van der Waals surface area contributed by atoms with E-state index < -0.39 is 0 Å². The second kappa shape index (κ2) is 5.01. The average molecular weight is 279 g/mol. The first-order valence-electron chi connectivity index (χ1n) is 6.78. The summed E-state index contributed by atoms with van der Waals surface area (Å²) in [5.74, 6) is 0.503. The molecular formula is C16H17N5. The van der Waals surface area contributed by atoms with Gasteiger partial charge in [0, 0.05) is 6.20 Å². The molecule has 0 aliphatic rings. The van der Waals surface area contributed by atoms with Gasteiger partial charge in [0.1, 0.15) is 0 Å². The highest BCUT2D eigenvalue weighted by Gasteiger charge is 2.16. The van der Waals surface area contributed by atoms with Gasteiger partial charge in [-0.05, 0) is 44.0 Å². The monoisotopic (exact) mass is 279 g/mol. The van der Waals surface area contributed by atoms with Gasteiger partial charge in [0.15, 0.2) is 11.5 Å². The average Bonchev–Trinajstić information content (AvgIpc) is 2.81. The molecule has 5 nitrogen and oxygen atoms in total. The Balaban J connectivity index is 2.16. The van der Waals surface area contributed by atoms with Crippen molar-refractivity contribution < 1.29 is 0 Å². The van der Waals surface area contributed by atoms with Gasteiger partial charge < -0.3 is 5.73 Å². The van der Waals surface area contributed by atoms with E-state index in [1.54, 1.807) is 10.9 Å². The highest BCUT2D eigenvalue weighted by atomic mass is 15.5. The van der Waals surface area contributed by atoms with E-state index in [2.05, 4.69) is 48.2 Å². The number of anilines is 1. The number of nitrogen functional groups attached to an aromatic ring is 1. The fourth-order valence-corrected chi connectivity index (χ4v) is 2.65. The van der Waals surface area contributed by atoms with Gasteiger partial charge in [-0.2, -0.15) is 4.68 Å². The largest absolute Gasteiger partial charge is 0.382 e. The van der Waals surface area contributed by atoms with Crippen molar-refractivity contribution in [1.82, 2.24) is 20.0 Å². The van der Waals surface area contributed by atoms with Crippen LogP contribution in [0.2, 0.25) is 0 Å². The van der Waals surface area contributed by atoms with Gasteiger partial charge in [-0.15, -0.1) is 5.10 Å². The maximum absolute atomic E-state index is 6.24. The number of pyridine rings is 1. The molecule has 0 aliphatic carbocycles. The highest BCUT2D eigenvalue weighted by molar-refractivity contribution is 5.68. The molecule has 3 aromatic rings. The van der Waals surface area contributed by atoms with Crippen molar-refractivity contribution in [2.45, 2.75) is 20.8 Å². The maximum atomic E-state index is 6.24. The minimum absolute atomic E-state index is 0.503. The summed E-state index contributed by atoms with van der Waals surface area (Å²) < 4.78 is 1.69. The summed E-state index contributed by atoms with van der Waals surface area (Å²) >= 11 is 0. The molecule has 2 aromatic heterocycles. The molecule has 0 aliphatic heterocycles. The normalized spacial score (nSPS) is 10.8. The van der Waals surface area contributed by atoms with E-state index in [4.69, 9.17) is 5.73 Å². The molecule has 21 heavy (non-hydrogen) atoms. The number of aryl methyl sites for hydroxylation is 3. The molecule has 0 saturated heterocycles.